The van der Waals surface area contributed by atoms with Gasteiger partial charge in [0.1, 0.15) is 6.04 Å². The Morgan fingerprint density at radius 1 is 0.939 bits per heavy atom. The Morgan fingerprint density at radius 3 is 2.27 bits per heavy atom. The average molecular weight is 454 g/mol. The largest absolute Gasteiger partial charge is 0.416 e. The van der Waals surface area contributed by atoms with Crippen LogP contribution in [-0.4, -0.2) is 22.4 Å². The van der Waals surface area contributed by atoms with Crippen LogP contribution >= 0.6 is 0 Å². The van der Waals surface area contributed by atoms with Crippen LogP contribution in [0.15, 0.2) is 77.6 Å². The van der Waals surface area contributed by atoms with Crippen molar-refractivity contribution in [3.8, 4) is 0 Å². The number of carbonyl (C=O) groups is 1. The highest BCUT2D eigenvalue weighted by atomic mass is 19.4. The van der Waals surface area contributed by atoms with Gasteiger partial charge in [-0.15, -0.1) is 0 Å². The Bertz CT molecular complexity index is 1310. The molecule has 0 bridgehead atoms. The summed E-state index contributed by atoms with van der Waals surface area (Å²) < 4.78 is 38.5. The monoisotopic (exact) mass is 454 g/mol. The van der Waals surface area contributed by atoms with Crippen LogP contribution in [0.2, 0.25) is 0 Å². The molecule has 1 atom stereocenters. The van der Waals surface area contributed by atoms with E-state index in [0.717, 1.165) is 12.1 Å². The second-order valence-corrected chi connectivity index (χ2v) is 7.63. The number of benzene rings is 3. The molecule has 3 aromatic carbocycles. The maximum Gasteiger partial charge on any atom is 0.416 e. The number of aromatic amines is 2. The highest BCUT2D eigenvalue weighted by Gasteiger charge is 2.30. The zero-order chi connectivity index (χ0) is 23.6. The number of nitrogens with zero attached hydrogens (tertiary/aromatic N) is 1. The van der Waals surface area contributed by atoms with Gasteiger partial charge in [-0.2, -0.15) is 13.2 Å². The number of aromatic nitrogens is 2. The van der Waals surface area contributed by atoms with Crippen LogP contribution in [0.4, 0.5) is 18.9 Å². The number of nitrogens with two attached hydrogens (primary N) is 1. The molecule has 6 nitrogen and oxygen atoms in total. The fraction of sp³-hybridized carbons (Fsp3) is 0.167. The van der Waals surface area contributed by atoms with Gasteiger partial charge in [0.2, 0.25) is 5.91 Å². The van der Waals surface area contributed by atoms with Crippen LogP contribution in [0.1, 0.15) is 22.7 Å². The van der Waals surface area contributed by atoms with Gasteiger partial charge in [0.05, 0.1) is 16.6 Å². The summed E-state index contributed by atoms with van der Waals surface area (Å²) in [7, 11) is 0. The number of rotatable bonds is 6. The fourth-order valence-corrected chi connectivity index (χ4v) is 3.63. The van der Waals surface area contributed by atoms with E-state index >= 15 is 0 Å². The molecule has 1 heterocycles. The average Bonchev–Trinajstić information content (AvgIpc) is 3.18. The molecule has 0 aliphatic rings. The van der Waals surface area contributed by atoms with Gasteiger partial charge in [-0.25, -0.2) is 4.79 Å². The number of hydrogen-bond acceptors (Lipinski definition) is 3. The number of nitrogens with one attached hydrogen (secondary N) is 2. The third kappa shape index (κ3) is 4.98. The van der Waals surface area contributed by atoms with Crippen molar-refractivity contribution in [1.82, 2.24) is 9.97 Å². The van der Waals surface area contributed by atoms with E-state index in [2.05, 4.69) is 9.97 Å². The maximum atomic E-state index is 13.4. The van der Waals surface area contributed by atoms with E-state index in [4.69, 9.17) is 5.73 Å². The molecular formula is C24H21F3N4O2. The van der Waals surface area contributed by atoms with Crippen molar-refractivity contribution in [2.45, 2.75) is 18.6 Å². The zero-order valence-corrected chi connectivity index (χ0v) is 17.4. The maximum absolute atomic E-state index is 13.4. The summed E-state index contributed by atoms with van der Waals surface area (Å²) in [6.07, 6.45) is -4.10. The Morgan fingerprint density at radius 2 is 1.61 bits per heavy atom. The number of hydrogen-bond donors (Lipinski definition) is 3. The molecule has 0 unspecified atom stereocenters. The van der Waals surface area contributed by atoms with Gasteiger partial charge >= 0.3 is 11.9 Å². The van der Waals surface area contributed by atoms with E-state index in [1.807, 2.05) is 6.07 Å². The van der Waals surface area contributed by atoms with E-state index in [1.165, 1.54) is 17.0 Å². The number of imidazole rings is 1. The van der Waals surface area contributed by atoms with Crippen LogP contribution in [-0.2, 0) is 17.4 Å². The second kappa shape index (κ2) is 8.95. The topological polar surface area (TPSA) is 95.0 Å². The van der Waals surface area contributed by atoms with Crippen molar-refractivity contribution in [1.29, 1.82) is 0 Å². The zero-order valence-electron chi connectivity index (χ0n) is 17.4. The summed E-state index contributed by atoms with van der Waals surface area (Å²) in [5.41, 5.74) is 8.06. The molecule has 0 saturated heterocycles. The number of H-pyrrole nitrogens is 2. The number of amides is 1. The van der Waals surface area contributed by atoms with Crippen molar-refractivity contribution < 1.29 is 18.0 Å². The Balaban J connectivity index is 1.63. The van der Waals surface area contributed by atoms with Crippen LogP contribution in [0.25, 0.3) is 11.0 Å². The second-order valence-electron chi connectivity index (χ2n) is 7.63. The third-order valence-electron chi connectivity index (χ3n) is 5.41. The minimum absolute atomic E-state index is 0.185. The lowest BCUT2D eigenvalue weighted by Crippen LogP contribution is -2.40. The summed E-state index contributed by atoms with van der Waals surface area (Å²) in [5.74, 6) is -0.370. The molecule has 0 radical (unpaired) electrons. The van der Waals surface area contributed by atoms with Crippen molar-refractivity contribution in [3.63, 3.8) is 0 Å². The fourth-order valence-electron chi connectivity index (χ4n) is 3.63. The van der Waals surface area contributed by atoms with Gasteiger partial charge in [-0.05, 0) is 47.9 Å². The standard InChI is InChI=1S/C24H21F3N4O2/c25-24(26,27)17-8-6-15(7-9-17)12-13-31(22(32)21(28)16-4-2-1-3-5-16)18-10-11-19-20(14-18)30-23(33)29-19/h1-11,14,21H,12-13,28H2,(H2,29,30,33)/t21-/m0/s1. The van der Waals surface area contributed by atoms with E-state index in [0.29, 0.717) is 34.3 Å². The SMILES string of the molecule is N[C@H](C(=O)N(CCc1ccc(C(F)(F)F)cc1)c1ccc2[nH]c(=O)[nH]c2c1)c1ccccc1. The molecule has 0 saturated carbocycles. The first-order valence-corrected chi connectivity index (χ1v) is 10.2. The molecule has 1 aromatic heterocycles. The van der Waals surface area contributed by atoms with Crippen molar-refractivity contribution >= 4 is 22.6 Å². The number of fused-ring (bicyclic) bond motifs is 1. The number of carbonyl (C=O) groups excluding carboxylic acids is 1. The van der Waals surface area contributed by atoms with Gasteiger partial charge in [0, 0.05) is 12.2 Å². The van der Waals surface area contributed by atoms with E-state index < -0.39 is 17.8 Å². The number of halogens is 3. The quantitative estimate of drug-likeness (QED) is 0.409. The van der Waals surface area contributed by atoms with Gasteiger partial charge in [-0.1, -0.05) is 42.5 Å². The molecule has 0 spiro atoms. The Hall–Kier alpha value is -3.85. The first-order valence-electron chi connectivity index (χ1n) is 10.2. The highest BCUT2D eigenvalue weighted by Crippen LogP contribution is 2.29. The molecule has 0 fully saturated rings. The van der Waals surface area contributed by atoms with E-state index in [-0.39, 0.29) is 18.1 Å². The molecule has 170 valence electrons. The first-order chi connectivity index (χ1) is 15.7. The van der Waals surface area contributed by atoms with Crippen LogP contribution in [0, 0.1) is 0 Å². The minimum Gasteiger partial charge on any atom is -0.316 e. The molecule has 33 heavy (non-hydrogen) atoms. The van der Waals surface area contributed by atoms with Crippen LogP contribution in [0.3, 0.4) is 0 Å². The summed E-state index contributed by atoms with van der Waals surface area (Å²) in [6.45, 7) is 0.185. The van der Waals surface area contributed by atoms with E-state index in [9.17, 15) is 22.8 Å². The molecule has 4 rings (SSSR count). The molecular weight excluding hydrogens is 433 g/mol. The minimum atomic E-state index is -4.41. The van der Waals surface area contributed by atoms with Crippen molar-refractivity contribution in [2.24, 2.45) is 5.73 Å². The van der Waals surface area contributed by atoms with Gasteiger partial charge < -0.3 is 20.6 Å². The summed E-state index contributed by atoms with van der Waals surface area (Å²) in [5, 5.41) is 0. The highest BCUT2D eigenvalue weighted by molar-refractivity contribution is 5.99. The molecule has 4 aromatic rings. The summed E-state index contributed by atoms with van der Waals surface area (Å²) >= 11 is 0. The lowest BCUT2D eigenvalue weighted by molar-refractivity contribution is -0.137. The Labute approximate surface area is 186 Å². The third-order valence-corrected chi connectivity index (χ3v) is 5.41. The molecule has 1 amide bonds. The molecule has 0 aliphatic heterocycles. The predicted molar refractivity (Wildman–Crippen MR) is 120 cm³/mol. The molecule has 4 N–H and O–H groups in total. The lowest BCUT2D eigenvalue weighted by atomic mass is 10.0. The van der Waals surface area contributed by atoms with Crippen molar-refractivity contribution in [3.05, 3.63) is 100.0 Å². The van der Waals surface area contributed by atoms with E-state index in [1.54, 1.807) is 42.5 Å². The lowest BCUT2D eigenvalue weighted by Gasteiger charge is -2.26. The van der Waals surface area contributed by atoms with Crippen LogP contribution < -0.4 is 16.3 Å². The van der Waals surface area contributed by atoms with Gasteiger partial charge in [0.25, 0.3) is 0 Å². The number of alkyl halides is 3. The first kappa shape index (κ1) is 22.3. The molecule has 0 aliphatic carbocycles. The van der Waals surface area contributed by atoms with Crippen molar-refractivity contribution in [2.75, 3.05) is 11.4 Å². The number of anilines is 1. The molecule has 9 heteroatoms. The normalized spacial score (nSPS) is 12.6. The summed E-state index contributed by atoms with van der Waals surface area (Å²) in [4.78, 5) is 31.8. The van der Waals surface area contributed by atoms with Crippen LogP contribution in [0.5, 0.6) is 0 Å². The summed E-state index contributed by atoms with van der Waals surface area (Å²) in [6, 6.07) is 17.8. The Kier molecular flexibility index (Phi) is 6.06. The predicted octanol–water partition coefficient (Wildman–Crippen LogP) is 4.15. The smallest absolute Gasteiger partial charge is 0.316 e. The van der Waals surface area contributed by atoms with Gasteiger partial charge in [-0.3, -0.25) is 4.79 Å². The van der Waals surface area contributed by atoms with Gasteiger partial charge in [0.15, 0.2) is 0 Å².